The molecule has 2 heterocycles. The summed E-state index contributed by atoms with van der Waals surface area (Å²) in [6.07, 6.45) is 2.66. The van der Waals surface area contributed by atoms with Crippen LogP contribution in [0.5, 0.6) is 11.5 Å². The molecule has 1 N–H and O–H groups in total. The number of thiophene rings is 1. The molecule has 2 aromatic heterocycles. The van der Waals surface area contributed by atoms with E-state index in [0.29, 0.717) is 50.1 Å². The third-order valence-electron chi connectivity index (χ3n) is 7.84. The third-order valence-corrected chi connectivity index (χ3v) is 9.01. The molecule has 1 aliphatic carbocycles. The summed E-state index contributed by atoms with van der Waals surface area (Å²) < 4.78 is 16.4. The number of aromatic nitrogens is 1. The molecule has 0 saturated heterocycles. The average molecular weight is 573 g/mol. The quantitative estimate of drug-likeness (QED) is 0.230. The number of para-hydroxylation sites is 1. The minimum atomic E-state index is -0.391. The summed E-state index contributed by atoms with van der Waals surface area (Å²) in [5.74, 6) is 1.04. The number of amides is 1. The standard InChI is InChI=1S/C33H36N2O5S/c1-7-40-32(37)29-23-14-12-19(33(2,3)4)16-28(23)41-31(29)35-30(36)24-18-26(34-25-11-9-8-10-21(24)25)22-15-13-20(38-5)17-27(22)39-6/h8-11,13,15,17-19H,7,12,14,16H2,1-6H3,(H,35,36). The zero-order valence-corrected chi connectivity index (χ0v) is 25.2. The molecule has 8 heteroatoms. The van der Waals surface area contributed by atoms with Gasteiger partial charge in [0.05, 0.1) is 43.2 Å². The van der Waals surface area contributed by atoms with Crippen LogP contribution in [0.3, 0.4) is 0 Å². The fourth-order valence-corrected chi connectivity index (χ4v) is 6.82. The minimum Gasteiger partial charge on any atom is -0.497 e. The number of fused-ring (bicyclic) bond motifs is 2. The van der Waals surface area contributed by atoms with Gasteiger partial charge in [-0.05, 0) is 67.3 Å². The summed E-state index contributed by atoms with van der Waals surface area (Å²) >= 11 is 1.49. The Morgan fingerprint density at radius 3 is 2.56 bits per heavy atom. The molecule has 0 fully saturated rings. The summed E-state index contributed by atoms with van der Waals surface area (Å²) in [5, 5.41) is 4.35. The van der Waals surface area contributed by atoms with Crippen LogP contribution >= 0.6 is 11.3 Å². The number of pyridine rings is 1. The number of nitrogens with one attached hydrogen (secondary N) is 1. The molecule has 1 atom stereocenters. The number of carbonyl (C=O) groups excluding carboxylic acids is 2. The molecule has 1 aliphatic rings. The second-order valence-corrected chi connectivity index (χ2v) is 12.4. The molecule has 41 heavy (non-hydrogen) atoms. The van der Waals surface area contributed by atoms with Crippen LogP contribution in [0.1, 0.15) is 65.3 Å². The van der Waals surface area contributed by atoms with Gasteiger partial charge in [-0.1, -0.05) is 39.0 Å². The highest BCUT2D eigenvalue weighted by atomic mass is 32.1. The van der Waals surface area contributed by atoms with Gasteiger partial charge >= 0.3 is 5.97 Å². The second-order valence-electron chi connectivity index (χ2n) is 11.3. The number of ether oxygens (including phenoxy) is 3. The van der Waals surface area contributed by atoms with E-state index in [-0.39, 0.29) is 17.9 Å². The van der Waals surface area contributed by atoms with Crippen LogP contribution in [-0.4, -0.2) is 37.7 Å². The van der Waals surface area contributed by atoms with Gasteiger partial charge in [0.2, 0.25) is 0 Å². The number of rotatable bonds is 7. The maximum atomic E-state index is 14.0. The largest absolute Gasteiger partial charge is 0.497 e. The van der Waals surface area contributed by atoms with Gasteiger partial charge in [-0.15, -0.1) is 11.3 Å². The molecule has 1 amide bonds. The number of nitrogens with zero attached hydrogens (tertiary/aromatic N) is 1. The Bertz CT molecular complexity index is 1620. The Hall–Kier alpha value is -3.91. The zero-order valence-electron chi connectivity index (χ0n) is 24.4. The first-order chi connectivity index (χ1) is 19.6. The summed E-state index contributed by atoms with van der Waals surface area (Å²) in [4.78, 5) is 33.2. The second kappa shape index (κ2) is 11.5. The van der Waals surface area contributed by atoms with Gasteiger partial charge in [-0.25, -0.2) is 9.78 Å². The lowest BCUT2D eigenvalue weighted by atomic mass is 9.72. The Morgan fingerprint density at radius 2 is 1.85 bits per heavy atom. The molecular weight excluding hydrogens is 536 g/mol. The van der Waals surface area contributed by atoms with Crippen LogP contribution < -0.4 is 14.8 Å². The van der Waals surface area contributed by atoms with Crippen molar-refractivity contribution < 1.29 is 23.8 Å². The third kappa shape index (κ3) is 5.66. The number of esters is 1. The van der Waals surface area contributed by atoms with Crippen molar-refractivity contribution in [2.45, 2.75) is 47.0 Å². The van der Waals surface area contributed by atoms with E-state index in [4.69, 9.17) is 19.2 Å². The first-order valence-corrected chi connectivity index (χ1v) is 14.7. The molecule has 5 rings (SSSR count). The average Bonchev–Trinajstić information content (AvgIpc) is 3.32. The van der Waals surface area contributed by atoms with E-state index in [2.05, 4.69) is 26.1 Å². The summed E-state index contributed by atoms with van der Waals surface area (Å²) in [5.41, 5.74) is 4.12. The number of hydrogen-bond acceptors (Lipinski definition) is 7. The molecule has 0 bridgehead atoms. The van der Waals surface area contributed by atoms with E-state index in [0.717, 1.165) is 35.3 Å². The van der Waals surface area contributed by atoms with Gasteiger partial charge in [0.25, 0.3) is 5.91 Å². The van der Waals surface area contributed by atoms with E-state index >= 15 is 0 Å². The van der Waals surface area contributed by atoms with Crippen LogP contribution in [0, 0.1) is 11.3 Å². The highest BCUT2D eigenvalue weighted by Crippen LogP contribution is 2.45. The van der Waals surface area contributed by atoms with Gasteiger partial charge in [-0.3, -0.25) is 4.79 Å². The van der Waals surface area contributed by atoms with Crippen LogP contribution in [0.2, 0.25) is 0 Å². The van der Waals surface area contributed by atoms with Crippen molar-refractivity contribution in [1.82, 2.24) is 4.98 Å². The molecule has 0 spiro atoms. The zero-order chi connectivity index (χ0) is 29.3. The fraction of sp³-hybridized carbons (Fsp3) is 0.364. The van der Waals surface area contributed by atoms with E-state index in [1.165, 1.54) is 11.3 Å². The van der Waals surface area contributed by atoms with Crippen LogP contribution in [-0.2, 0) is 17.6 Å². The van der Waals surface area contributed by atoms with Gasteiger partial charge < -0.3 is 19.5 Å². The van der Waals surface area contributed by atoms with Gasteiger partial charge in [-0.2, -0.15) is 0 Å². The topological polar surface area (TPSA) is 86.8 Å². The lowest BCUT2D eigenvalue weighted by molar-refractivity contribution is 0.0526. The Morgan fingerprint density at radius 1 is 1.07 bits per heavy atom. The molecule has 214 valence electrons. The van der Waals surface area contributed by atoms with E-state index in [1.54, 1.807) is 33.3 Å². The smallest absolute Gasteiger partial charge is 0.341 e. The van der Waals surface area contributed by atoms with Crippen LogP contribution in [0.25, 0.3) is 22.2 Å². The Labute approximate surface area is 244 Å². The van der Waals surface area contributed by atoms with Gasteiger partial charge in [0.1, 0.15) is 16.5 Å². The van der Waals surface area contributed by atoms with Crippen LogP contribution in [0.4, 0.5) is 5.00 Å². The molecule has 4 aromatic rings. The van der Waals surface area contributed by atoms with Gasteiger partial charge in [0.15, 0.2) is 0 Å². The molecule has 7 nitrogen and oxygen atoms in total. The van der Waals surface area contributed by atoms with Crippen molar-refractivity contribution in [2.75, 3.05) is 26.1 Å². The lowest BCUT2D eigenvalue weighted by Crippen LogP contribution is -2.26. The van der Waals surface area contributed by atoms with Crippen molar-refractivity contribution in [2.24, 2.45) is 11.3 Å². The maximum absolute atomic E-state index is 14.0. The lowest BCUT2D eigenvalue weighted by Gasteiger charge is -2.33. The fourth-order valence-electron chi connectivity index (χ4n) is 5.51. The minimum absolute atomic E-state index is 0.157. The van der Waals surface area contributed by atoms with Crippen molar-refractivity contribution in [3.8, 4) is 22.8 Å². The number of benzene rings is 2. The van der Waals surface area contributed by atoms with Crippen molar-refractivity contribution in [3.05, 3.63) is 70.1 Å². The number of hydrogen-bond donors (Lipinski definition) is 1. The van der Waals surface area contributed by atoms with Gasteiger partial charge in [0, 0.05) is 21.9 Å². The first-order valence-electron chi connectivity index (χ1n) is 13.9. The molecule has 1 unspecified atom stereocenters. The van der Waals surface area contributed by atoms with E-state index in [9.17, 15) is 9.59 Å². The predicted molar refractivity (Wildman–Crippen MR) is 163 cm³/mol. The predicted octanol–water partition coefficient (Wildman–Crippen LogP) is 7.56. The molecule has 2 aromatic carbocycles. The monoisotopic (exact) mass is 572 g/mol. The highest BCUT2D eigenvalue weighted by molar-refractivity contribution is 7.17. The van der Waals surface area contributed by atoms with E-state index < -0.39 is 5.97 Å². The summed E-state index contributed by atoms with van der Waals surface area (Å²) in [6.45, 7) is 8.84. The number of carbonyl (C=O) groups is 2. The van der Waals surface area contributed by atoms with E-state index in [1.807, 2.05) is 36.4 Å². The number of methoxy groups -OCH3 is 2. The van der Waals surface area contributed by atoms with Crippen molar-refractivity contribution >= 4 is 39.1 Å². The van der Waals surface area contributed by atoms with Crippen LogP contribution in [0.15, 0.2) is 48.5 Å². The van der Waals surface area contributed by atoms with Crippen molar-refractivity contribution in [3.63, 3.8) is 0 Å². The first kappa shape index (κ1) is 28.6. The summed E-state index contributed by atoms with van der Waals surface area (Å²) in [6, 6.07) is 14.8. The highest BCUT2D eigenvalue weighted by Gasteiger charge is 2.34. The SMILES string of the molecule is CCOC(=O)c1c(NC(=O)c2cc(-c3ccc(OC)cc3OC)nc3ccccc23)sc2c1CCC(C(C)(C)C)C2. The van der Waals surface area contributed by atoms with Crippen molar-refractivity contribution in [1.29, 1.82) is 0 Å². The maximum Gasteiger partial charge on any atom is 0.341 e. The molecule has 0 radical (unpaired) electrons. The summed E-state index contributed by atoms with van der Waals surface area (Å²) in [7, 11) is 3.19. The number of anilines is 1. The molecule has 0 aliphatic heterocycles. The Kier molecular flexibility index (Phi) is 8.04. The normalized spacial score (nSPS) is 14.8. The molecular formula is C33H36N2O5S. The Balaban J connectivity index is 1.58. The molecule has 0 saturated carbocycles.